The second-order valence-corrected chi connectivity index (χ2v) is 8.34. The number of rotatable bonds is 5. The minimum atomic E-state index is -1.19. The van der Waals surface area contributed by atoms with Gasteiger partial charge in [0.15, 0.2) is 17.0 Å². The lowest BCUT2D eigenvalue weighted by atomic mass is 9.98. The van der Waals surface area contributed by atoms with Gasteiger partial charge in [0.05, 0.1) is 23.9 Å². The van der Waals surface area contributed by atoms with Gasteiger partial charge in [-0.05, 0) is 35.7 Å². The molecule has 2 aliphatic carbocycles. The molecule has 0 spiro atoms. The molecule has 0 unspecified atom stereocenters. The maximum absolute atomic E-state index is 13.4. The average Bonchev–Trinajstić information content (AvgIpc) is 3.29. The Labute approximate surface area is 181 Å². The fourth-order valence-corrected chi connectivity index (χ4v) is 5.02. The molecule has 2 fully saturated rings. The number of carbonyl (C=O) groups excluding carboxylic acids is 1. The van der Waals surface area contributed by atoms with E-state index in [2.05, 4.69) is 25.6 Å². The van der Waals surface area contributed by atoms with Gasteiger partial charge in [0.1, 0.15) is 11.9 Å². The van der Waals surface area contributed by atoms with E-state index >= 15 is 0 Å². The summed E-state index contributed by atoms with van der Waals surface area (Å²) in [5.74, 6) is -0.528. The number of halogens is 2. The summed E-state index contributed by atoms with van der Waals surface area (Å²) >= 11 is 6.14. The van der Waals surface area contributed by atoms with Crippen molar-refractivity contribution < 1.29 is 19.4 Å². The number of anilines is 1. The van der Waals surface area contributed by atoms with Crippen LogP contribution in [0.4, 0.5) is 10.2 Å². The number of hydrogen-bond donors (Lipinski definition) is 4. The minimum absolute atomic E-state index is 0.0302. The zero-order valence-corrected chi connectivity index (χ0v) is 17.2. The lowest BCUT2D eigenvalue weighted by Crippen LogP contribution is -2.41. The number of imidazole rings is 1. The van der Waals surface area contributed by atoms with Crippen molar-refractivity contribution in [2.75, 3.05) is 12.4 Å². The monoisotopic (exact) mass is 446 g/mol. The van der Waals surface area contributed by atoms with Crippen molar-refractivity contribution in [3.63, 3.8) is 0 Å². The summed E-state index contributed by atoms with van der Waals surface area (Å²) in [5, 5.41) is 27.0. The highest BCUT2D eigenvalue weighted by atomic mass is 35.5. The summed E-state index contributed by atoms with van der Waals surface area (Å²) in [6, 6.07) is 5.58. The topological polar surface area (TPSA) is 125 Å². The Hall–Kier alpha value is -2.82. The molecular formula is C20H20ClFN6O3. The predicted octanol–water partition coefficient (Wildman–Crippen LogP) is 1.26. The maximum atomic E-state index is 13.4. The van der Waals surface area contributed by atoms with Gasteiger partial charge in [0.25, 0.3) is 0 Å². The largest absolute Gasteiger partial charge is 0.389 e. The lowest BCUT2D eigenvalue weighted by molar-refractivity contribution is -0.132. The molecule has 3 aromatic rings. The second-order valence-electron chi connectivity index (χ2n) is 8.00. The normalized spacial score (nSPS) is 29.1. The minimum Gasteiger partial charge on any atom is -0.389 e. The first-order chi connectivity index (χ1) is 14.9. The Kier molecular flexibility index (Phi) is 4.61. The molecule has 0 saturated heterocycles. The summed E-state index contributed by atoms with van der Waals surface area (Å²) in [6.45, 7) is 0.292. The number of aliphatic hydroxyl groups is 2. The van der Waals surface area contributed by atoms with Crippen LogP contribution in [-0.4, -0.2) is 54.9 Å². The summed E-state index contributed by atoms with van der Waals surface area (Å²) in [4.78, 5) is 25.2. The van der Waals surface area contributed by atoms with Gasteiger partial charge in [-0.15, -0.1) is 0 Å². The van der Waals surface area contributed by atoms with Crippen LogP contribution in [0.1, 0.15) is 18.0 Å². The van der Waals surface area contributed by atoms with E-state index in [1.807, 2.05) is 0 Å². The number of carbonyl (C=O) groups is 1. The van der Waals surface area contributed by atoms with Crippen LogP contribution in [0.15, 0.2) is 30.6 Å². The maximum Gasteiger partial charge on any atom is 0.229 e. The van der Waals surface area contributed by atoms with Crippen molar-refractivity contribution in [3.05, 3.63) is 47.3 Å². The first-order valence-electron chi connectivity index (χ1n) is 9.83. The van der Waals surface area contributed by atoms with E-state index < -0.39 is 23.7 Å². The van der Waals surface area contributed by atoms with E-state index in [9.17, 15) is 19.4 Å². The molecule has 2 heterocycles. The van der Waals surface area contributed by atoms with E-state index in [1.54, 1.807) is 16.7 Å². The van der Waals surface area contributed by atoms with Crippen LogP contribution in [0.2, 0.25) is 5.28 Å². The SMILES string of the molecule is CNC(=O)[C@@]12C[C@@H]1[C@H](n1cnc3c(NCc4cccc(F)c4)nc(Cl)nc31)[C@H](O)[C@@H]2O. The molecule has 162 valence electrons. The van der Waals surface area contributed by atoms with Crippen LogP contribution >= 0.6 is 11.6 Å². The van der Waals surface area contributed by atoms with Crippen molar-refractivity contribution in [2.24, 2.45) is 11.3 Å². The van der Waals surface area contributed by atoms with Gasteiger partial charge in [-0.25, -0.2) is 9.37 Å². The molecule has 4 N–H and O–H groups in total. The van der Waals surface area contributed by atoms with Crippen LogP contribution in [0.25, 0.3) is 11.2 Å². The molecule has 1 aromatic carbocycles. The summed E-state index contributed by atoms with van der Waals surface area (Å²) in [6.07, 6.45) is -0.394. The lowest BCUT2D eigenvalue weighted by Gasteiger charge is -2.23. The third-order valence-corrected chi connectivity index (χ3v) is 6.56. The smallest absolute Gasteiger partial charge is 0.229 e. The number of amides is 1. The Bertz CT molecular complexity index is 1190. The molecule has 0 aliphatic heterocycles. The molecule has 5 rings (SSSR count). The van der Waals surface area contributed by atoms with Gasteiger partial charge in [-0.1, -0.05) is 12.1 Å². The molecule has 0 radical (unpaired) electrons. The fourth-order valence-electron chi connectivity index (χ4n) is 4.85. The van der Waals surface area contributed by atoms with Gasteiger partial charge in [0, 0.05) is 19.5 Å². The molecule has 2 saturated carbocycles. The molecule has 9 nitrogen and oxygen atoms in total. The number of hydrogen-bond acceptors (Lipinski definition) is 7. The Balaban J connectivity index is 1.49. The summed E-state index contributed by atoms with van der Waals surface area (Å²) in [5.41, 5.74) is 0.494. The number of aromatic nitrogens is 4. The van der Waals surface area contributed by atoms with E-state index in [1.165, 1.54) is 25.5 Å². The third kappa shape index (κ3) is 2.97. The van der Waals surface area contributed by atoms with Crippen molar-refractivity contribution in [2.45, 2.75) is 31.2 Å². The van der Waals surface area contributed by atoms with Crippen molar-refractivity contribution in [1.29, 1.82) is 0 Å². The zero-order chi connectivity index (χ0) is 21.9. The second kappa shape index (κ2) is 7.11. The average molecular weight is 447 g/mol. The Morgan fingerprint density at radius 1 is 1.39 bits per heavy atom. The third-order valence-electron chi connectivity index (χ3n) is 6.39. The highest BCUT2D eigenvalue weighted by Gasteiger charge is 2.75. The molecule has 0 bridgehead atoms. The van der Waals surface area contributed by atoms with E-state index in [0.29, 0.717) is 35.5 Å². The molecule has 2 aromatic heterocycles. The number of benzene rings is 1. The van der Waals surface area contributed by atoms with Crippen molar-refractivity contribution in [3.8, 4) is 0 Å². The van der Waals surface area contributed by atoms with Gasteiger partial charge in [-0.3, -0.25) is 4.79 Å². The zero-order valence-electron chi connectivity index (χ0n) is 16.5. The predicted molar refractivity (Wildman–Crippen MR) is 110 cm³/mol. The van der Waals surface area contributed by atoms with Gasteiger partial charge in [-0.2, -0.15) is 9.97 Å². The van der Waals surface area contributed by atoms with Crippen LogP contribution < -0.4 is 10.6 Å². The van der Waals surface area contributed by atoms with E-state index in [0.717, 1.165) is 0 Å². The standard InChI is InChI=1S/C20H20ClFN6O3/c1-23-18(31)20-6-11(20)13(14(29)15(20)30)28-8-25-12-16(26-19(21)27-17(12)28)24-7-9-3-2-4-10(22)5-9/h2-5,8,11,13-15,29-30H,6-7H2,1H3,(H,23,31)(H,24,26,27)/t11-,13+,14+,15+,20+/m1/s1. The van der Waals surface area contributed by atoms with Crippen molar-refractivity contribution >= 4 is 34.5 Å². The van der Waals surface area contributed by atoms with Crippen LogP contribution in [0.3, 0.4) is 0 Å². The Morgan fingerprint density at radius 3 is 2.94 bits per heavy atom. The molecule has 31 heavy (non-hydrogen) atoms. The number of nitrogens with zero attached hydrogens (tertiary/aromatic N) is 4. The van der Waals surface area contributed by atoms with Crippen LogP contribution in [0.5, 0.6) is 0 Å². The quantitative estimate of drug-likeness (QED) is 0.435. The van der Waals surface area contributed by atoms with Gasteiger partial charge < -0.3 is 25.4 Å². The van der Waals surface area contributed by atoms with Gasteiger partial charge >= 0.3 is 0 Å². The number of aliphatic hydroxyl groups excluding tert-OH is 2. The fraction of sp³-hybridized carbons (Fsp3) is 0.400. The van der Waals surface area contributed by atoms with E-state index in [4.69, 9.17) is 11.6 Å². The highest BCUT2D eigenvalue weighted by Crippen LogP contribution is 2.67. The van der Waals surface area contributed by atoms with Gasteiger partial charge in [0.2, 0.25) is 11.2 Å². The molecule has 11 heteroatoms. The first kappa shape index (κ1) is 20.1. The van der Waals surface area contributed by atoms with Crippen LogP contribution in [0, 0.1) is 17.2 Å². The molecule has 1 amide bonds. The highest BCUT2D eigenvalue weighted by molar-refractivity contribution is 6.28. The molecule has 2 aliphatic rings. The summed E-state index contributed by atoms with van der Waals surface area (Å²) in [7, 11) is 1.51. The van der Waals surface area contributed by atoms with E-state index in [-0.39, 0.29) is 22.9 Å². The van der Waals surface area contributed by atoms with Crippen LogP contribution in [-0.2, 0) is 11.3 Å². The summed E-state index contributed by atoms with van der Waals surface area (Å²) < 4.78 is 15.1. The number of nitrogens with one attached hydrogen (secondary N) is 2. The number of fused-ring (bicyclic) bond motifs is 2. The van der Waals surface area contributed by atoms with Crippen molar-refractivity contribution in [1.82, 2.24) is 24.8 Å². The molecular weight excluding hydrogens is 427 g/mol. The molecule has 5 atom stereocenters. The first-order valence-corrected chi connectivity index (χ1v) is 10.2. The Morgan fingerprint density at radius 2 is 2.19 bits per heavy atom.